The summed E-state index contributed by atoms with van der Waals surface area (Å²) in [5, 5.41) is 0. The van der Waals surface area contributed by atoms with Crippen LogP contribution >= 0.6 is 12.6 Å². The molecule has 4 aliphatic carbocycles. The van der Waals surface area contributed by atoms with E-state index in [0.29, 0.717) is 5.41 Å². The van der Waals surface area contributed by atoms with Crippen molar-refractivity contribution in [1.29, 1.82) is 0 Å². The zero-order valence-corrected chi connectivity index (χ0v) is 19.7. The highest BCUT2D eigenvalue weighted by Crippen LogP contribution is 2.66. The number of aryl methyl sites for hydroxylation is 1. The molecule has 160 valence electrons. The van der Waals surface area contributed by atoms with E-state index in [1.54, 1.807) is 5.57 Å². The molecule has 3 fully saturated rings. The number of aromatic amines is 1. The largest absolute Gasteiger partial charge is 0.365 e. The van der Waals surface area contributed by atoms with Gasteiger partial charge >= 0.3 is 0 Å². The van der Waals surface area contributed by atoms with Crippen LogP contribution in [0, 0.1) is 40.9 Å². The first-order chi connectivity index (χ1) is 13.9. The predicted molar refractivity (Wildman–Crippen MR) is 126 cm³/mol. The first-order valence-corrected chi connectivity index (χ1v) is 12.9. The lowest BCUT2D eigenvalue weighted by Gasteiger charge is -2.58. The Hall–Kier alpha value is -0.630. The number of hydrogen-bond donors (Lipinski definition) is 2. The van der Waals surface area contributed by atoms with Gasteiger partial charge in [-0.15, -0.1) is 0 Å². The van der Waals surface area contributed by atoms with Gasteiger partial charge in [0.05, 0.1) is 0 Å². The lowest BCUT2D eigenvalue weighted by molar-refractivity contribution is -0.0188. The molecule has 0 spiro atoms. The summed E-state index contributed by atoms with van der Waals surface area (Å²) < 4.78 is 0.230. The molecule has 0 amide bonds. The van der Waals surface area contributed by atoms with Gasteiger partial charge < -0.3 is 4.98 Å². The number of hydrogen-bond acceptors (Lipinski definition) is 1. The molecule has 1 heterocycles. The molecule has 1 aromatic heterocycles. The lowest BCUT2D eigenvalue weighted by atomic mass is 9.50. The molecular weight excluding hydrogens is 370 g/mol. The van der Waals surface area contributed by atoms with E-state index in [0.717, 1.165) is 35.5 Å². The van der Waals surface area contributed by atoms with Crippen LogP contribution < -0.4 is 0 Å². The maximum atomic E-state index is 5.45. The number of nitrogens with one attached hydrogen (secondary N) is 1. The predicted octanol–water partition coefficient (Wildman–Crippen LogP) is 7.46. The molecule has 0 radical (unpaired) electrons. The van der Waals surface area contributed by atoms with E-state index in [-0.39, 0.29) is 4.75 Å². The highest BCUT2D eigenvalue weighted by molar-refractivity contribution is 7.82. The Kier molecular flexibility index (Phi) is 5.25. The van der Waals surface area contributed by atoms with Crippen LogP contribution in [0.2, 0.25) is 0 Å². The van der Waals surface area contributed by atoms with Crippen LogP contribution in [-0.4, -0.2) is 9.73 Å². The van der Waals surface area contributed by atoms with Crippen LogP contribution in [0.4, 0.5) is 0 Å². The van der Waals surface area contributed by atoms with Crippen LogP contribution in [-0.2, 0) is 6.42 Å². The molecule has 5 rings (SSSR count). The molecule has 8 atom stereocenters. The van der Waals surface area contributed by atoms with E-state index < -0.39 is 0 Å². The molecule has 0 bridgehead atoms. The smallest absolute Gasteiger partial charge is 0.0369 e. The van der Waals surface area contributed by atoms with E-state index in [2.05, 4.69) is 50.2 Å². The second kappa shape index (κ2) is 7.50. The van der Waals surface area contributed by atoms with Crippen LogP contribution in [0.25, 0.3) is 0 Å². The summed E-state index contributed by atoms with van der Waals surface area (Å²) in [5.74, 6) is 5.27. The zero-order chi connectivity index (χ0) is 20.2. The number of thiol groups is 1. The number of aromatic nitrogens is 1. The number of rotatable bonds is 4. The lowest BCUT2D eigenvalue weighted by Crippen LogP contribution is -2.52. The third kappa shape index (κ3) is 3.27. The molecule has 3 saturated carbocycles. The Morgan fingerprint density at radius 3 is 2.83 bits per heavy atom. The average molecular weight is 412 g/mol. The summed E-state index contributed by atoms with van der Waals surface area (Å²) in [5.41, 5.74) is 3.69. The van der Waals surface area contributed by atoms with Gasteiger partial charge in [0.2, 0.25) is 0 Å². The molecule has 29 heavy (non-hydrogen) atoms. The fourth-order valence-corrected chi connectivity index (χ4v) is 9.17. The molecule has 1 aromatic rings. The molecular formula is C27H41NS. The summed E-state index contributed by atoms with van der Waals surface area (Å²) in [6.45, 7) is 7.67. The van der Waals surface area contributed by atoms with Gasteiger partial charge in [0.1, 0.15) is 0 Å². The highest BCUT2D eigenvalue weighted by Gasteiger charge is 2.59. The number of allylic oxidation sites excluding steroid dienone is 1. The second-order valence-corrected chi connectivity index (χ2v) is 12.4. The Labute approximate surface area is 183 Å². The first kappa shape index (κ1) is 20.3. The SMILES string of the molecule is CC1CCC2(S)C(=CCC3C2CCC2(C)C(C(C)CCc4ccc[nH]4)CCC32)C1. The van der Waals surface area contributed by atoms with Crippen molar-refractivity contribution in [3.8, 4) is 0 Å². The minimum atomic E-state index is 0.230. The van der Waals surface area contributed by atoms with Crippen molar-refractivity contribution in [3.63, 3.8) is 0 Å². The monoisotopic (exact) mass is 411 g/mol. The number of H-pyrrole nitrogens is 1. The van der Waals surface area contributed by atoms with Gasteiger partial charge in [-0.25, -0.2) is 0 Å². The maximum Gasteiger partial charge on any atom is 0.0369 e. The molecule has 2 heteroatoms. The minimum absolute atomic E-state index is 0.230. The van der Waals surface area contributed by atoms with Crippen molar-refractivity contribution in [2.45, 2.75) is 89.7 Å². The molecule has 0 saturated heterocycles. The molecule has 8 unspecified atom stereocenters. The standard InChI is InChI=1S/C27H41NS/c1-18-12-15-27(29)20(17-18)7-9-22-24-11-10-23(26(24,3)14-13-25(22)27)19(2)6-8-21-5-4-16-28-21/h4-5,7,16,18-19,22-25,28-29H,6,8-15,17H2,1-3H3. The third-order valence-corrected chi connectivity index (χ3v) is 11.0. The third-order valence-electron chi connectivity index (χ3n) is 10.1. The average Bonchev–Trinajstić information content (AvgIpc) is 3.34. The van der Waals surface area contributed by atoms with Crippen LogP contribution in [0.5, 0.6) is 0 Å². The van der Waals surface area contributed by atoms with Crippen molar-refractivity contribution >= 4 is 12.6 Å². The molecule has 1 N–H and O–H groups in total. The topological polar surface area (TPSA) is 15.8 Å². The summed E-state index contributed by atoms with van der Waals surface area (Å²) in [6.07, 6.45) is 18.4. The molecule has 0 aliphatic heterocycles. The van der Waals surface area contributed by atoms with Crippen molar-refractivity contribution in [2.24, 2.45) is 40.9 Å². The van der Waals surface area contributed by atoms with Gasteiger partial charge in [0.15, 0.2) is 0 Å². The quantitative estimate of drug-likeness (QED) is 0.378. The van der Waals surface area contributed by atoms with Gasteiger partial charge in [-0.05, 0) is 117 Å². The Balaban J connectivity index is 1.33. The van der Waals surface area contributed by atoms with Crippen LogP contribution in [0.15, 0.2) is 30.0 Å². The Morgan fingerprint density at radius 1 is 1.17 bits per heavy atom. The van der Waals surface area contributed by atoms with Gasteiger partial charge in [-0.3, -0.25) is 0 Å². The van der Waals surface area contributed by atoms with Crippen LogP contribution in [0.3, 0.4) is 0 Å². The molecule has 1 nitrogen and oxygen atoms in total. The summed E-state index contributed by atoms with van der Waals surface area (Å²) in [7, 11) is 0. The Bertz CT molecular complexity index is 751. The van der Waals surface area contributed by atoms with E-state index in [4.69, 9.17) is 12.6 Å². The summed E-state index contributed by atoms with van der Waals surface area (Å²) >= 11 is 5.45. The normalized spacial score (nSPS) is 45.1. The fraction of sp³-hybridized carbons (Fsp3) is 0.778. The van der Waals surface area contributed by atoms with E-state index in [9.17, 15) is 0 Å². The maximum absolute atomic E-state index is 5.45. The van der Waals surface area contributed by atoms with Crippen molar-refractivity contribution in [3.05, 3.63) is 35.7 Å². The second-order valence-electron chi connectivity index (χ2n) is 11.6. The van der Waals surface area contributed by atoms with E-state index >= 15 is 0 Å². The molecule has 0 aromatic carbocycles. The van der Waals surface area contributed by atoms with Gasteiger partial charge in [-0.2, -0.15) is 12.6 Å². The van der Waals surface area contributed by atoms with Gasteiger partial charge in [0, 0.05) is 16.6 Å². The van der Waals surface area contributed by atoms with Crippen molar-refractivity contribution < 1.29 is 0 Å². The summed E-state index contributed by atoms with van der Waals surface area (Å²) in [4.78, 5) is 3.40. The van der Waals surface area contributed by atoms with Crippen molar-refractivity contribution in [1.82, 2.24) is 4.98 Å². The van der Waals surface area contributed by atoms with Crippen LogP contribution in [0.1, 0.15) is 84.3 Å². The van der Waals surface area contributed by atoms with Gasteiger partial charge in [-0.1, -0.05) is 32.4 Å². The fourth-order valence-electron chi connectivity index (χ4n) is 8.53. The highest BCUT2D eigenvalue weighted by atomic mass is 32.1. The summed E-state index contributed by atoms with van der Waals surface area (Å²) in [6, 6.07) is 4.39. The number of fused-ring (bicyclic) bond motifs is 5. The Morgan fingerprint density at radius 2 is 2.03 bits per heavy atom. The van der Waals surface area contributed by atoms with Crippen molar-refractivity contribution in [2.75, 3.05) is 0 Å². The minimum Gasteiger partial charge on any atom is -0.365 e. The van der Waals surface area contributed by atoms with Gasteiger partial charge in [0.25, 0.3) is 0 Å². The van der Waals surface area contributed by atoms with E-state index in [1.165, 1.54) is 69.9 Å². The van der Waals surface area contributed by atoms with E-state index in [1.807, 2.05) is 0 Å². The molecule has 4 aliphatic rings. The zero-order valence-electron chi connectivity index (χ0n) is 18.8. The first-order valence-electron chi connectivity index (χ1n) is 12.5.